The van der Waals surface area contributed by atoms with E-state index in [-0.39, 0.29) is 15.5 Å². The highest BCUT2D eigenvalue weighted by Crippen LogP contribution is 2.75. The Labute approximate surface area is 126 Å². The second-order valence-electron chi connectivity index (χ2n) is 9.10. The van der Waals surface area contributed by atoms with Gasteiger partial charge in [-0.25, -0.2) is 0 Å². The second-order valence-corrected chi connectivity index (χ2v) is 18.3. The van der Waals surface area contributed by atoms with Crippen LogP contribution in [0.5, 0.6) is 0 Å². The molecule has 4 heteroatoms. The summed E-state index contributed by atoms with van der Waals surface area (Å²) in [6.07, 6.45) is 2.22. The third-order valence-electron chi connectivity index (χ3n) is 4.84. The molecule has 0 aromatic carbocycles. The van der Waals surface area contributed by atoms with Gasteiger partial charge in [0, 0.05) is 6.66 Å². The maximum Gasteiger partial charge on any atom is 0.366 e. The highest BCUT2D eigenvalue weighted by Gasteiger charge is 2.55. The third kappa shape index (κ3) is 4.48. The first-order chi connectivity index (χ1) is 7.96. The molecule has 4 radical (unpaired) electrons. The lowest BCUT2D eigenvalue weighted by atomic mass is 10.2. The van der Waals surface area contributed by atoms with Gasteiger partial charge in [0.15, 0.2) is 0 Å². The van der Waals surface area contributed by atoms with E-state index >= 15 is 0 Å². The molecular formula is C15H34B2P2+2. The van der Waals surface area contributed by atoms with E-state index in [1.54, 1.807) is 0 Å². The molecule has 0 amide bonds. The van der Waals surface area contributed by atoms with Crippen LogP contribution < -0.4 is 0 Å². The van der Waals surface area contributed by atoms with Crippen molar-refractivity contribution < 1.29 is 0 Å². The van der Waals surface area contributed by atoms with E-state index < -0.39 is 14.3 Å². The van der Waals surface area contributed by atoms with Crippen LogP contribution in [-0.4, -0.2) is 49.6 Å². The molecule has 0 aromatic rings. The highest BCUT2D eigenvalue weighted by atomic mass is 31.2. The summed E-state index contributed by atoms with van der Waals surface area (Å²) in [4.78, 5) is 0. The van der Waals surface area contributed by atoms with Gasteiger partial charge in [0.25, 0.3) is 0 Å². The molecule has 0 bridgehead atoms. The maximum atomic E-state index is 6.98. The summed E-state index contributed by atoms with van der Waals surface area (Å²) in [5.74, 6) is 0. The molecule has 0 fully saturated rings. The fourth-order valence-corrected chi connectivity index (χ4v) is 9.33. The molecule has 0 aliphatic rings. The van der Waals surface area contributed by atoms with Crippen molar-refractivity contribution in [2.75, 3.05) is 19.0 Å². The van der Waals surface area contributed by atoms with Crippen LogP contribution in [0.3, 0.4) is 0 Å². The summed E-state index contributed by atoms with van der Waals surface area (Å²) in [7, 11) is 10.7. The van der Waals surface area contributed by atoms with Gasteiger partial charge in [-0.1, -0.05) is 0 Å². The van der Waals surface area contributed by atoms with Crippen LogP contribution in [0.25, 0.3) is 0 Å². The van der Waals surface area contributed by atoms with E-state index in [1.807, 2.05) is 0 Å². The first-order valence-electron chi connectivity index (χ1n) is 7.27. The summed E-state index contributed by atoms with van der Waals surface area (Å²) in [5, 5.41) is 0.583. The Bertz CT molecular complexity index is 290. The van der Waals surface area contributed by atoms with Crippen LogP contribution in [0.4, 0.5) is 0 Å². The van der Waals surface area contributed by atoms with Gasteiger partial charge in [0.1, 0.15) is 0 Å². The highest BCUT2D eigenvalue weighted by molar-refractivity contribution is 8.02. The SMILES string of the molecule is [B][P+](C)(CC[P+]([B])(C(C)(C)C)C(C)(C)C)C(C)(C)C. The minimum absolute atomic E-state index is 0.184. The zero-order valence-electron chi connectivity index (χ0n) is 15.0. The van der Waals surface area contributed by atoms with Gasteiger partial charge < -0.3 is 0 Å². The van der Waals surface area contributed by atoms with Crippen molar-refractivity contribution in [3.63, 3.8) is 0 Å². The fourth-order valence-electron chi connectivity index (χ4n) is 2.38. The summed E-state index contributed by atoms with van der Waals surface area (Å²) in [5.41, 5.74) is 0. The topological polar surface area (TPSA) is 0 Å². The maximum absolute atomic E-state index is 6.98. The van der Waals surface area contributed by atoms with Crippen molar-refractivity contribution in [2.45, 2.75) is 77.8 Å². The standard InChI is InChI=1S/C15H34B2P2/c1-13(2,3)18(10,16)11-12-19(17,14(4,5)6)15(7,8)9/h11-12H2,1-10H3/q+2. The molecule has 0 aliphatic heterocycles. The minimum Gasteiger partial charge on any atom is -0.0343 e. The summed E-state index contributed by atoms with van der Waals surface area (Å²) < 4.78 is 0. The van der Waals surface area contributed by atoms with Crippen molar-refractivity contribution in [3.05, 3.63) is 0 Å². The Balaban J connectivity index is 5.22. The van der Waals surface area contributed by atoms with Gasteiger partial charge in [-0.05, 0) is 76.6 Å². The molecule has 0 N–H and O–H groups in total. The number of rotatable bonds is 3. The molecular weight excluding hydrogens is 264 g/mol. The van der Waals surface area contributed by atoms with Crippen LogP contribution in [0, 0.1) is 0 Å². The van der Waals surface area contributed by atoms with E-state index in [4.69, 9.17) is 15.1 Å². The third-order valence-corrected chi connectivity index (χ3v) is 15.1. The van der Waals surface area contributed by atoms with E-state index in [2.05, 4.69) is 69.0 Å². The van der Waals surface area contributed by atoms with Crippen molar-refractivity contribution in [1.29, 1.82) is 0 Å². The van der Waals surface area contributed by atoms with E-state index in [1.165, 1.54) is 0 Å². The van der Waals surface area contributed by atoms with Crippen molar-refractivity contribution >= 4 is 29.4 Å². The van der Waals surface area contributed by atoms with Crippen LogP contribution in [0.15, 0.2) is 0 Å². The van der Waals surface area contributed by atoms with E-state index in [0.717, 1.165) is 12.3 Å². The first kappa shape index (κ1) is 20.0. The predicted octanol–water partition coefficient (Wildman–Crippen LogP) is 5.21. The molecule has 0 saturated carbocycles. The molecule has 0 spiro atoms. The zero-order valence-corrected chi connectivity index (χ0v) is 16.8. The normalized spacial score (nSPS) is 18.2. The molecule has 19 heavy (non-hydrogen) atoms. The fraction of sp³-hybridized carbons (Fsp3) is 1.00. The van der Waals surface area contributed by atoms with Crippen molar-refractivity contribution in [1.82, 2.24) is 0 Å². The molecule has 0 rings (SSSR count). The predicted molar refractivity (Wildman–Crippen MR) is 100 cm³/mol. The smallest absolute Gasteiger partial charge is 0.0343 e. The summed E-state index contributed by atoms with van der Waals surface area (Å²) >= 11 is 0. The minimum atomic E-state index is -1.56. The average Bonchev–Trinajstić information content (AvgIpc) is 2.08. The van der Waals surface area contributed by atoms with Crippen LogP contribution in [0.2, 0.25) is 0 Å². The van der Waals surface area contributed by atoms with Crippen molar-refractivity contribution in [2.24, 2.45) is 0 Å². The lowest BCUT2D eigenvalue weighted by Gasteiger charge is -2.47. The second kappa shape index (κ2) is 5.65. The number of hydrogen-bond donors (Lipinski definition) is 0. The Morgan fingerprint density at radius 1 is 0.632 bits per heavy atom. The van der Waals surface area contributed by atoms with Crippen LogP contribution >= 0.6 is 14.3 Å². The van der Waals surface area contributed by atoms with Gasteiger partial charge in [0.05, 0.1) is 27.8 Å². The summed E-state index contributed by atoms with van der Waals surface area (Å²) in [6, 6.07) is 0. The Kier molecular flexibility index (Phi) is 5.94. The molecule has 0 saturated heterocycles. The molecule has 1 unspecified atom stereocenters. The molecule has 0 aromatic heterocycles. The van der Waals surface area contributed by atoms with Gasteiger partial charge in [0.2, 0.25) is 0 Å². The Morgan fingerprint density at radius 3 is 1.16 bits per heavy atom. The quantitative estimate of drug-likeness (QED) is 0.495. The Morgan fingerprint density at radius 2 is 0.947 bits per heavy atom. The zero-order chi connectivity index (χ0) is 15.9. The molecule has 0 heterocycles. The van der Waals surface area contributed by atoms with Gasteiger partial charge >= 0.3 is 15.1 Å². The molecule has 108 valence electrons. The molecule has 0 nitrogen and oxygen atoms in total. The van der Waals surface area contributed by atoms with Crippen LogP contribution in [-0.2, 0) is 0 Å². The van der Waals surface area contributed by atoms with Crippen molar-refractivity contribution in [3.8, 4) is 0 Å². The van der Waals surface area contributed by atoms with E-state index in [0.29, 0.717) is 0 Å². The van der Waals surface area contributed by atoms with Crippen LogP contribution in [0.1, 0.15) is 62.3 Å². The first-order valence-corrected chi connectivity index (χ1v) is 11.8. The largest absolute Gasteiger partial charge is 0.366 e. The van der Waals surface area contributed by atoms with E-state index in [9.17, 15) is 0 Å². The lowest BCUT2D eigenvalue weighted by Crippen LogP contribution is -2.37. The molecule has 0 aliphatic carbocycles. The summed E-state index contributed by atoms with van der Waals surface area (Å²) in [6.45, 7) is 22.9. The Hall–Kier alpha value is 0.990. The number of hydrogen-bond acceptors (Lipinski definition) is 0. The van der Waals surface area contributed by atoms with Gasteiger partial charge in [-0.3, -0.25) is 0 Å². The monoisotopic (exact) mass is 298 g/mol. The van der Waals surface area contributed by atoms with Gasteiger partial charge in [-0.15, -0.1) is 0 Å². The lowest BCUT2D eigenvalue weighted by molar-refractivity contribution is 0.698. The molecule has 1 atom stereocenters. The van der Waals surface area contributed by atoms with Gasteiger partial charge in [-0.2, -0.15) is 0 Å². The average molecular weight is 298 g/mol.